The van der Waals surface area contributed by atoms with E-state index in [0.717, 1.165) is 4.68 Å². The molecule has 0 aliphatic rings. The number of pyridine rings is 1. The van der Waals surface area contributed by atoms with Crippen molar-refractivity contribution in [3.05, 3.63) is 29.7 Å². The van der Waals surface area contributed by atoms with Crippen molar-refractivity contribution in [2.45, 2.75) is 45.9 Å². The van der Waals surface area contributed by atoms with E-state index in [1.807, 2.05) is 0 Å². The van der Waals surface area contributed by atoms with E-state index < -0.39 is 26.3 Å². The molecule has 2 rings (SSSR count). The van der Waals surface area contributed by atoms with Gasteiger partial charge in [-0.25, -0.2) is 9.67 Å². The first kappa shape index (κ1) is 20.1. The number of halogens is 3. The third kappa shape index (κ3) is 4.92. The second-order valence-corrected chi connectivity index (χ2v) is 11.4. The molecule has 0 amide bonds. The van der Waals surface area contributed by atoms with Gasteiger partial charge in [-0.2, -0.15) is 13.2 Å². The van der Waals surface area contributed by atoms with Gasteiger partial charge in [-0.05, 0) is 26.0 Å². The molecular weight excluding hydrogens is 361 g/mol. The van der Waals surface area contributed by atoms with Crippen LogP contribution in [0.4, 0.5) is 13.2 Å². The van der Waals surface area contributed by atoms with Gasteiger partial charge in [0.2, 0.25) is 11.6 Å². The minimum Gasteiger partial charge on any atom is -0.357 e. The number of ether oxygens (including phenoxy) is 1. The van der Waals surface area contributed by atoms with Gasteiger partial charge in [0.05, 0.1) is 5.56 Å². The molecular formula is C17H21F3N4OSi. The van der Waals surface area contributed by atoms with Crippen LogP contribution in [0, 0.1) is 11.5 Å². The second-order valence-electron chi connectivity index (χ2n) is 6.66. The molecule has 0 aliphatic heterocycles. The van der Waals surface area contributed by atoms with Gasteiger partial charge < -0.3 is 4.74 Å². The predicted molar refractivity (Wildman–Crippen MR) is 94.8 cm³/mol. The van der Waals surface area contributed by atoms with Crippen molar-refractivity contribution in [1.82, 2.24) is 19.7 Å². The fraction of sp³-hybridized carbons (Fsp3) is 0.471. The maximum absolute atomic E-state index is 13.4. The highest BCUT2D eigenvalue weighted by Crippen LogP contribution is 2.31. The second kappa shape index (κ2) is 7.59. The Balaban J connectivity index is 2.58. The van der Waals surface area contributed by atoms with Crippen molar-refractivity contribution in [2.24, 2.45) is 0 Å². The Labute approximate surface area is 151 Å². The zero-order valence-corrected chi connectivity index (χ0v) is 16.3. The first-order chi connectivity index (χ1) is 12.0. The Kier molecular flexibility index (Phi) is 5.88. The van der Waals surface area contributed by atoms with E-state index in [4.69, 9.17) is 4.74 Å². The quantitative estimate of drug-likeness (QED) is 0.589. The van der Waals surface area contributed by atoms with Crippen molar-refractivity contribution in [1.29, 1.82) is 0 Å². The van der Waals surface area contributed by atoms with Crippen molar-refractivity contribution < 1.29 is 17.9 Å². The molecule has 0 radical (unpaired) electrons. The molecule has 5 nitrogen and oxygen atoms in total. The van der Waals surface area contributed by atoms with Crippen LogP contribution in [0.15, 0.2) is 18.3 Å². The summed E-state index contributed by atoms with van der Waals surface area (Å²) < 4.78 is 46.1. The summed E-state index contributed by atoms with van der Waals surface area (Å²) in [7, 11) is -1.66. The molecule has 0 spiro atoms. The monoisotopic (exact) mass is 382 g/mol. The maximum atomic E-state index is 13.4. The minimum atomic E-state index is -4.66. The lowest BCUT2D eigenvalue weighted by Crippen LogP contribution is -2.20. The molecule has 0 N–H and O–H groups in total. The van der Waals surface area contributed by atoms with Gasteiger partial charge in [-0.1, -0.05) is 25.6 Å². The molecule has 2 heterocycles. The van der Waals surface area contributed by atoms with Gasteiger partial charge >= 0.3 is 6.18 Å². The highest BCUT2D eigenvalue weighted by molar-refractivity contribution is 6.83. The zero-order valence-electron chi connectivity index (χ0n) is 15.3. The largest absolute Gasteiger partial charge is 0.451 e. The zero-order chi connectivity index (χ0) is 19.5. The normalized spacial score (nSPS) is 13.2. The third-order valence-electron chi connectivity index (χ3n) is 3.23. The van der Waals surface area contributed by atoms with Crippen LogP contribution in [0.1, 0.15) is 31.5 Å². The van der Waals surface area contributed by atoms with E-state index in [9.17, 15) is 13.2 Å². The lowest BCUT2D eigenvalue weighted by molar-refractivity contribution is -0.153. The molecule has 0 aliphatic carbocycles. The summed E-state index contributed by atoms with van der Waals surface area (Å²) >= 11 is 0. The molecule has 0 aromatic carbocycles. The van der Waals surface area contributed by atoms with Crippen molar-refractivity contribution in [2.75, 3.05) is 6.61 Å². The van der Waals surface area contributed by atoms with Crippen molar-refractivity contribution >= 4 is 8.07 Å². The molecule has 26 heavy (non-hydrogen) atoms. The molecule has 0 saturated heterocycles. The average Bonchev–Trinajstić information content (AvgIpc) is 2.98. The van der Waals surface area contributed by atoms with Gasteiger partial charge in [0, 0.05) is 12.8 Å². The lowest BCUT2D eigenvalue weighted by atomic mass is 10.2. The number of hydrogen-bond acceptors (Lipinski definition) is 4. The molecule has 140 valence electrons. The van der Waals surface area contributed by atoms with Crippen LogP contribution in [0.5, 0.6) is 0 Å². The minimum absolute atomic E-state index is 0.121. The molecule has 9 heteroatoms. The number of aromatic nitrogens is 4. The molecule has 0 bridgehead atoms. The van der Waals surface area contributed by atoms with Crippen molar-refractivity contribution in [3.8, 4) is 23.0 Å². The SMILES string of the molecule is CCOC(C)n1nc(-c2ncccc2C#C[Si](C)(C)C)nc1C(F)(F)F. The Morgan fingerprint density at radius 2 is 2.00 bits per heavy atom. The highest BCUT2D eigenvalue weighted by atomic mass is 28.3. The molecule has 1 atom stereocenters. The van der Waals surface area contributed by atoms with Crippen LogP contribution in [0.3, 0.4) is 0 Å². The molecule has 0 saturated carbocycles. The number of nitrogens with zero attached hydrogens (tertiary/aromatic N) is 4. The third-order valence-corrected chi connectivity index (χ3v) is 4.10. The summed E-state index contributed by atoms with van der Waals surface area (Å²) in [5, 5.41) is 4.01. The number of hydrogen-bond donors (Lipinski definition) is 0. The molecule has 0 fully saturated rings. The van der Waals surface area contributed by atoms with E-state index in [1.165, 1.54) is 13.1 Å². The van der Waals surface area contributed by atoms with Gasteiger partial charge in [-0.15, -0.1) is 10.6 Å². The van der Waals surface area contributed by atoms with Gasteiger partial charge in [-0.3, -0.25) is 4.98 Å². The average molecular weight is 382 g/mol. The van der Waals surface area contributed by atoms with Crippen LogP contribution in [0.25, 0.3) is 11.5 Å². The van der Waals surface area contributed by atoms with E-state index in [1.54, 1.807) is 19.1 Å². The summed E-state index contributed by atoms with van der Waals surface area (Å²) in [5.41, 5.74) is 3.92. The first-order valence-electron chi connectivity index (χ1n) is 8.17. The van der Waals surface area contributed by atoms with E-state index in [2.05, 4.69) is 46.2 Å². The van der Waals surface area contributed by atoms with E-state index in [-0.39, 0.29) is 18.1 Å². The predicted octanol–water partition coefficient (Wildman–Crippen LogP) is 4.14. The molecule has 2 aromatic heterocycles. The van der Waals surface area contributed by atoms with Gasteiger partial charge in [0.1, 0.15) is 20.0 Å². The molecule has 2 aromatic rings. The Bertz CT molecular complexity index is 831. The van der Waals surface area contributed by atoms with Gasteiger partial charge in [0.15, 0.2) is 0 Å². The fourth-order valence-corrected chi connectivity index (χ4v) is 2.63. The number of alkyl halides is 3. The Morgan fingerprint density at radius 3 is 2.58 bits per heavy atom. The maximum Gasteiger partial charge on any atom is 0.451 e. The Morgan fingerprint density at radius 1 is 1.31 bits per heavy atom. The highest BCUT2D eigenvalue weighted by Gasteiger charge is 2.39. The van der Waals surface area contributed by atoms with E-state index in [0.29, 0.717) is 5.56 Å². The molecule has 1 unspecified atom stereocenters. The summed E-state index contributed by atoms with van der Waals surface area (Å²) in [6, 6.07) is 3.39. The smallest absolute Gasteiger partial charge is 0.357 e. The topological polar surface area (TPSA) is 52.8 Å². The fourth-order valence-electron chi connectivity index (χ4n) is 2.12. The van der Waals surface area contributed by atoms with E-state index >= 15 is 0 Å². The van der Waals surface area contributed by atoms with Crippen LogP contribution >= 0.6 is 0 Å². The van der Waals surface area contributed by atoms with Crippen molar-refractivity contribution in [3.63, 3.8) is 0 Å². The van der Waals surface area contributed by atoms with Crippen LogP contribution in [-0.4, -0.2) is 34.4 Å². The van der Waals surface area contributed by atoms with Gasteiger partial charge in [0.25, 0.3) is 0 Å². The standard InChI is InChI=1S/C17H21F3N4OSi/c1-6-25-12(2)24-16(17(18,19)20)22-15(23-24)14-13(8-7-10-21-14)9-11-26(3,4)5/h7-8,10,12H,6H2,1-5H3. The van der Waals surface area contributed by atoms with Crippen LogP contribution < -0.4 is 0 Å². The Hall–Kier alpha value is -2.18. The summed E-state index contributed by atoms with van der Waals surface area (Å²) in [6.45, 7) is 9.67. The van der Waals surface area contributed by atoms with Crippen LogP contribution in [0.2, 0.25) is 19.6 Å². The number of rotatable bonds is 4. The summed E-state index contributed by atoms with van der Waals surface area (Å²) in [5.74, 6) is 1.78. The van der Waals surface area contributed by atoms with Crippen LogP contribution in [-0.2, 0) is 10.9 Å². The first-order valence-corrected chi connectivity index (χ1v) is 11.7. The summed E-state index contributed by atoms with van der Waals surface area (Å²) in [4.78, 5) is 7.85. The summed E-state index contributed by atoms with van der Waals surface area (Å²) in [6.07, 6.45) is -4.08. The lowest BCUT2D eigenvalue weighted by Gasteiger charge is -2.15.